The van der Waals surface area contributed by atoms with Crippen LogP contribution in [-0.4, -0.2) is 22.3 Å². The van der Waals surface area contributed by atoms with E-state index in [4.69, 9.17) is 9.15 Å². The molecule has 1 heterocycles. The Morgan fingerprint density at radius 2 is 1.95 bits per heavy atom. The van der Waals surface area contributed by atoms with Crippen LogP contribution >= 0.6 is 31.9 Å². The third-order valence-corrected chi connectivity index (χ3v) is 4.54. The Hall–Kier alpha value is -1.80. The molecule has 1 aromatic heterocycles. The molecule has 0 radical (unpaired) electrons. The molecule has 2 N–H and O–H groups in total. The molecule has 0 spiro atoms. The van der Waals surface area contributed by atoms with Crippen LogP contribution in [-0.2, 0) is 0 Å². The van der Waals surface area contributed by atoms with Crippen LogP contribution in [0.5, 0.6) is 17.2 Å². The molecular formula is C14H8Br2FNO4. The molecule has 0 fully saturated rings. The summed E-state index contributed by atoms with van der Waals surface area (Å²) in [6.07, 6.45) is 0. The van der Waals surface area contributed by atoms with Crippen LogP contribution in [0.2, 0.25) is 0 Å². The minimum absolute atomic E-state index is 0.0823. The van der Waals surface area contributed by atoms with Gasteiger partial charge in [0.15, 0.2) is 22.9 Å². The first-order chi connectivity index (χ1) is 10.4. The number of nitrogens with zero attached hydrogens (tertiary/aromatic N) is 1. The van der Waals surface area contributed by atoms with Crippen molar-refractivity contribution in [3.8, 4) is 28.7 Å². The van der Waals surface area contributed by atoms with Gasteiger partial charge in [-0.3, -0.25) is 0 Å². The number of oxazole rings is 1. The molecular weight excluding hydrogens is 425 g/mol. The number of halogens is 3. The van der Waals surface area contributed by atoms with E-state index in [1.807, 2.05) is 0 Å². The van der Waals surface area contributed by atoms with Crippen molar-refractivity contribution in [1.82, 2.24) is 4.98 Å². The highest BCUT2D eigenvalue weighted by Gasteiger charge is 2.23. The third kappa shape index (κ3) is 2.22. The molecule has 22 heavy (non-hydrogen) atoms. The van der Waals surface area contributed by atoms with Gasteiger partial charge in [-0.15, -0.1) is 0 Å². The number of aromatic nitrogens is 1. The fourth-order valence-corrected chi connectivity index (χ4v) is 3.26. The number of methoxy groups -OCH3 is 1. The van der Waals surface area contributed by atoms with Gasteiger partial charge >= 0.3 is 0 Å². The van der Waals surface area contributed by atoms with E-state index in [1.54, 1.807) is 0 Å². The molecule has 0 unspecified atom stereocenters. The summed E-state index contributed by atoms with van der Waals surface area (Å²) in [5.41, 5.74) is 0.972. The van der Waals surface area contributed by atoms with Gasteiger partial charge in [-0.25, -0.2) is 9.37 Å². The maximum atomic E-state index is 13.5. The summed E-state index contributed by atoms with van der Waals surface area (Å²) < 4.78 is 25.0. The quantitative estimate of drug-likeness (QED) is 0.619. The van der Waals surface area contributed by atoms with Gasteiger partial charge in [-0.1, -0.05) is 0 Å². The molecule has 0 aliphatic carbocycles. The van der Waals surface area contributed by atoms with Crippen LogP contribution in [0.3, 0.4) is 0 Å². The second-order valence-electron chi connectivity index (χ2n) is 4.37. The third-order valence-electron chi connectivity index (χ3n) is 3.06. The van der Waals surface area contributed by atoms with Gasteiger partial charge in [-0.2, -0.15) is 0 Å². The van der Waals surface area contributed by atoms with Crippen molar-refractivity contribution < 1.29 is 23.8 Å². The first-order valence-corrected chi connectivity index (χ1v) is 7.56. The van der Waals surface area contributed by atoms with Crippen molar-refractivity contribution >= 4 is 43.0 Å². The lowest BCUT2D eigenvalue weighted by atomic mass is 10.2. The minimum Gasteiger partial charge on any atom is -0.505 e. The summed E-state index contributed by atoms with van der Waals surface area (Å²) in [5, 5.41) is 19.3. The van der Waals surface area contributed by atoms with Crippen LogP contribution < -0.4 is 4.74 Å². The second kappa shape index (κ2) is 5.44. The van der Waals surface area contributed by atoms with Gasteiger partial charge in [0.25, 0.3) is 0 Å². The second-order valence-corrected chi connectivity index (χ2v) is 5.96. The molecule has 3 aromatic rings. The van der Waals surface area contributed by atoms with Gasteiger partial charge in [0.1, 0.15) is 15.7 Å². The van der Waals surface area contributed by atoms with E-state index in [1.165, 1.54) is 19.2 Å². The molecule has 0 atom stereocenters. The number of benzene rings is 2. The van der Waals surface area contributed by atoms with Crippen molar-refractivity contribution in [3.05, 3.63) is 33.0 Å². The summed E-state index contributed by atoms with van der Waals surface area (Å²) in [7, 11) is 1.43. The number of rotatable bonds is 2. The van der Waals surface area contributed by atoms with Gasteiger partial charge in [-0.05, 0) is 50.1 Å². The van der Waals surface area contributed by atoms with E-state index in [0.29, 0.717) is 25.6 Å². The predicted octanol–water partition coefficient (Wildman–Crippen LogP) is 4.58. The largest absolute Gasteiger partial charge is 0.505 e. The number of ether oxygens (including phenoxy) is 1. The number of aromatic hydroxyl groups is 2. The summed E-state index contributed by atoms with van der Waals surface area (Å²) in [4.78, 5) is 4.24. The van der Waals surface area contributed by atoms with Crippen LogP contribution in [0, 0.1) is 5.82 Å². The first-order valence-electron chi connectivity index (χ1n) is 5.97. The molecule has 114 valence electrons. The van der Waals surface area contributed by atoms with Crippen LogP contribution in [0.25, 0.3) is 22.6 Å². The van der Waals surface area contributed by atoms with Gasteiger partial charge < -0.3 is 19.4 Å². The highest BCUT2D eigenvalue weighted by Crippen LogP contribution is 2.47. The fourth-order valence-electron chi connectivity index (χ4n) is 1.98. The molecule has 2 aromatic carbocycles. The molecule has 0 aliphatic heterocycles. The Kier molecular flexibility index (Phi) is 3.73. The number of phenolic OH excluding ortho intramolecular Hbond substituents is 2. The molecule has 0 saturated heterocycles. The highest BCUT2D eigenvalue weighted by atomic mass is 79.9. The number of fused-ring (bicyclic) bond motifs is 1. The van der Waals surface area contributed by atoms with E-state index in [0.717, 1.165) is 6.07 Å². The SMILES string of the molecule is COc1c(Br)c(O)c(Br)c2nc(-c3ccc(O)c(F)c3)oc12. The maximum Gasteiger partial charge on any atom is 0.227 e. The normalized spacial score (nSPS) is 11.1. The summed E-state index contributed by atoms with van der Waals surface area (Å²) >= 11 is 6.45. The molecule has 3 rings (SSSR count). The summed E-state index contributed by atoms with van der Waals surface area (Å²) in [5.74, 6) is -0.922. The molecule has 0 bridgehead atoms. The zero-order valence-corrected chi connectivity index (χ0v) is 14.2. The van der Waals surface area contributed by atoms with E-state index in [9.17, 15) is 14.6 Å². The van der Waals surface area contributed by atoms with Crippen molar-refractivity contribution in [2.75, 3.05) is 7.11 Å². The fraction of sp³-hybridized carbons (Fsp3) is 0.0714. The summed E-state index contributed by atoms with van der Waals surface area (Å²) in [6.45, 7) is 0. The molecule has 0 aliphatic rings. The molecule has 8 heteroatoms. The zero-order valence-electron chi connectivity index (χ0n) is 11.0. The van der Waals surface area contributed by atoms with E-state index < -0.39 is 11.6 Å². The maximum absolute atomic E-state index is 13.5. The highest BCUT2D eigenvalue weighted by molar-refractivity contribution is 9.11. The Morgan fingerprint density at radius 1 is 1.23 bits per heavy atom. The average Bonchev–Trinajstić information content (AvgIpc) is 2.93. The van der Waals surface area contributed by atoms with Crippen molar-refractivity contribution in [2.45, 2.75) is 0 Å². The summed E-state index contributed by atoms with van der Waals surface area (Å²) in [6, 6.07) is 3.78. The van der Waals surface area contributed by atoms with E-state index >= 15 is 0 Å². The number of phenols is 2. The Morgan fingerprint density at radius 3 is 2.59 bits per heavy atom. The van der Waals surface area contributed by atoms with Crippen molar-refractivity contribution in [3.63, 3.8) is 0 Å². The van der Waals surface area contributed by atoms with Crippen LogP contribution in [0.1, 0.15) is 0 Å². The topological polar surface area (TPSA) is 75.7 Å². The van der Waals surface area contributed by atoms with Crippen molar-refractivity contribution in [1.29, 1.82) is 0 Å². The predicted molar refractivity (Wildman–Crippen MR) is 84.7 cm³/mol. The lowest BCUT2D eigenvalue weighted by Gasteiger charge is -2.06. The lowest BCUT2D eigenvalue weighted by molar-refractivity contribution is 0.400. The number of hydrogen-bond donors (Lipinski definition) is 2. The lowest BCUT2D eigenvalue weighted by Crippen LogP contribution is -1.87. The van der Waals surface area contributed by atoms with Gasteiger partial charge in [0.05, 0.1) is 11.6 Å². The van der Waals surface area contributed by atoms with Gasteiger partial charge in [0, 0.05) is 5.56 Å². The van der Waals surface area contributed by atoms with Crippen LogP contribution in [0.4, 0.5) is 4.39 Å². The van der Waals surface area contributed by atoms with E-state index in [2.05, 4.69) is 36.8 Å². The van der Waals surface area contributed by atoms with E-state index in [-0.39, 0.29) is 17.4 Å². The Bertz CT molecular complexity index is 894. The zero-order chi connectivity index (χ0) is 16.0. The average molecular weight is 433 g/mol. The smallest absolute Gasteiger partial charge is 0.227 e. The molecule has 5 nitrogen and oxygen atoms in total. The molecule has 0 saturated carbocycles. The minimum atomic E-state index is -0.783. The standard InChI is InChI=1S/C14H8Br2FNO4/c1-21-12-9(16)11(20)8(15)10-13(12)22-14(18-10)5-2-3-7(19)6(17)4-5/h2-4,19-20H,1H3. The monoisotopic (exact) mass is 431 g/mol. The molecule has 0 amide bonds. The van der Waals surface area contributed by atoms with Gasteiger partial charge in [0.2, 0.25) is 5.89 Å². The Balaban J connectivity index is 2.29. The van der Waals surface area contributed by atoms with Crippen molar-refractivity contribution in [2.24, 2.45) is 0 Å². The van der Waals surface area contributed by atoms with Crippen LogP contribution in [0.15, 0.2) is 31.6 Å². The number of hydrogen-bond acceptors (Lipinski definition) is 5. The Labute approximate surface area is 140 Å². The first kappa shape index (κ1) is 15.1.